The number of nitrogens with one attached hydrogen (secondary N) is 2. The summed E-state index contributed by atoms with van der Waals surface area (Å²) in [4.78, 5) is 11.4. The molecule has 0 aliphatic heterocycles. The molecule has 0 aliphatic carbocycles. The third kappa shape index (κ3) is 3.96. The summed E-state index contributed by atoms with van der Waals surface area (Å²) in [5, 5.41) is 2.23. The molecule has 0 aromatic heterocycles. The average molecular weight is 284 g/mol. The molecule has 0 heterocycles. The van der Waals surface area contributed by atoms with Crippen LogP contribution in [-0.2, 0) is 14.8 Å². The van der Waals surface area contributed by atoms with Crippen LogP contribution in [0.15, 0.2) is 18.2 Å². The van der Waals surface area contributed by atoms with Crippen LogP contribution in [-0.4, -0.2) is 19.6 Å². The van der Waals surface area contributed by atoms with Gasteiger partial charge in [0.05, 0.1) is 10.9 Å². The maximum Gasteiger partial charge on any atom is 0.235 e. The van der Waals surface area contributed by atoms with Crippen molar-refractivity contribution in [1.29, 1.82) is 0 Å². The minimum Gasteiger partial charge on any atom is -0.326 e. The molecule has 0 atom stereocenters. The van der Waals surface area contributed by atoms with Gasteiger partial charge in [-0.2, -0.15) is 0 Å². The number of anilines is 2. The Morgan fingerprint density at radius 3 is 2.37 bits per heavy atom. The number of rotatable bonds is 5. The SMILES string of the molecule is CCC(=O)Nc1cccc(NS(=O)(=O)C(C)C)c1C. The molecule has 0 spiro atoms. The molecular weight excluding hydrogens is 264 g/mol. The first-order chi connectivity index (χ1) is 8.77. The summed E-state index contributed by atoms with van der Waals surface area (Å²) < 4.78 is 26.2. The molecule has 19 heavy (non-hydrogen) atoms. The van der Waals surface area contributed by atoms with E-state index in [0.717, 1.165) is 0 Å². The topological polar surface area (TPSA) is 75.3 Å². The fourth-order valence-corrected chi connectivity index (χ4v) is 2.15. The molecule has 0 bridgehead atoms. The van der Waals surface area contributed by atoms with Crippen molar-refractivity contribution in [2.45, 2.75) is 39.4 Å². The monoisotopic (exact) mass is 284 g/mol. The maximum atomic E-state index is 11.8. The van der Waals surface area contributed by atoms with Gasteiger partial charge < -0.3 is 5.32 Å². The summed E-state index contributed by atoms with van der Waals surface area (Å²) in [6.07, 6.45) is 0.376. The lowest BCUT2D eigenvalue weighted by Gasteiger charge is -2.15. The van der Waals surface area contributed by atoms with Crippen molar-refractivity contribution in [3.8, 4) is 0 Å². The lowest BCUT2D eigenvalue weighted by molar-refractivity contribution is -0.115. The Hall–Kier alpha value is -1.56. The normalized spacial score (nSPS) is 11.4. The second-order valence-electron chi connectivity index (χ2n) is 4.58. The first-order valence-corrected chi connectivity index (χ1v) is 7.73. The van der Waals surface area contributed by atoms with Crippen LogP contribution in [0.3, 0.4) is 0 Å². The second-order valence-corrected chi connectivity index (χ2v) is 6.81. The number of amides is 1. The van der Waals surface area contributed by atoms with Gasteiger partial charge in [-0.15, -0.1) is 0 Å². The lowest BCUT2D eigenvalue weighted by Crippen LogP contribution is -2.23. The molecule has 0 unspecified atom stereocenters. The van der Waals surface area contributed by atoms with E-state index in [0.29, 0.717) is 23.4 Å². The zero-order valence-corrected chi connectivity index (χ0v) is 12.5. The Bertz CT molecular complexity index is 565. The standard InChI is InChI=1S/C13H20N2O3S/c1-5-13(16)14-11-7-6-8-12(10(11)4)15-19(17,18)9(2)3/h6-9,15H,5H2,1-4H3,(H,14,16). The van der Waals surface area contributed by atoms with E-state index in [4.69, 9.17) is 0 Å². The molecule has 0 saturated heterocycles. The zero-order valence-electron chi connectivity index (χ0n) is 11.6. The summed E-state index contributed by atoms with van der Waals surface area (Å²) in [7, 11) is -3.39. The Labute approximate surface area is 114 Å². The second kappa shape index (κ2) is 6.06. The Morgan fingerprint density at radius 2 is 1.84 bits per heavy atom. The number of hydrogen-bond donors (Lipinski definition) is 2. The smallest absolute Gasteiger partial charge is 0.235 e. The van der Waals surface area contributed by atoms with Crippen molar-refractivity contribution in [2.75, 3.05) is 10.0 Å². The van der Waals surface area contributed by atoms with Crippen LogP contribution in [0.5, 0.6) is 0 Å². The van der Waals surface area contributed by atoms with E-state index in [1.54, 1.807) is 45.9 Å². The first kappa shape index (κ1) is 15.5. The van der Waals surface area contributed by atoms with Gasteiger partial charge in [0.25, 0.3) is 0 Å². The van der Waals surface area contributed by atoms with Crippen molar-refractivity contribution < 1.29 is 13.2 Å². The van der Waals surface area contributed by atoms with E-state index < -0.39 is 15.3 Å². The van der Waals surface area contributed by atoms with Gasteiger partial charge >= 0.3 is 0 Å². The molecule has 1 aromatic carbocycles. The van der Waals surface area contributed by atoms with E-state index in [1.807, 2.05) is 0 Å². The summed E-state index contributed by atoms with van der Waals surface area (Å²) in [6, 6.07) is 5.13. The van der Waals surface area contributed by atoms with Gasteiger partial charge in [0.1, 0.15) is 0 Å². The molecule has 5 nitrogen and oxygen atoms in total. The minimum atomic E-state index is -3.39. The van der Waals surface area contributed by atoms with E-state index in [1.165, 1.54) is 0 Å². The van der Waals surface area contributed by atoms with Gasteiger partial charge in [-0.3, -0.25) is 9.52 Å². The van der Waals surface area contributed by atoms with Crippen LogP contribution in [0.4, 0.5) is 11.4 Å². The van der Waals surface area contributed by atoms with Gasteiger partial charge in [0, 0.05) is 12.1 Å². The van der Waals surface area contributed by atoms with Crippen LogP contribution in [0, 0.1) is 6.92 Å². The fraction of sp³-hybridized carbons (Fsp3) is 0.462. The van der Waals surface area contributed by atoms with Crippen LogP contribution >= 0.6 is 0 Å². The van der Waals surface area contributed by atoms with Crippen LogP contribution in [0.2, 0.25) is 0 Å². The highest BCUT2D eigenvalue weighted by molar-refractivity contribution is 7.93. The molecule has 106 valence electrons. The van der Waals surface area contributed by atoms with Gasteiger partial charge in [-0.25, -0.2) is 8.42 Å². The molecule has 0 fully saturated rings. The minimum absolute atomic E-state index is 0.105. The quantitative estimate of drug-likeness (QED) is 0.872. The van der Waals surface area contributed by atoms with Gasteiger partial charge in [0.15, 0.2) is 0 Å². The first-order valence-electron chi connectivity index (χ1n) is 6.19. The van der Waals surface area contributed by atoms with Gasteiger partial charge in [0.2, 0.25) is 15.9 Å². The molecule has 1 aromatic rings. The van der Waals surface area contributed by atoms with Crippen LogP contribution in [0.25, 0.3) is 0 Å². The molecule has 0 aliphatic rings. The Kier molecular flexibility index (Phi) is 4.94. The highest BCUT2D eigenvalue weighted by atomic mass is 32.2. The van der Waals surface area contributed by atoms with E-state index >= 15 is 0 Å². The van der Waals surface area contributed by atoms with Crippen LogP contribution in [0.1, 0.15) is 32.8 Å². The largest absolute Gasteiger partial charge is 0.326 e. The summed E-state index contributed by atoms with van der Waals surface area (Å²) >= 11 is 0. The summed E-state index contributed by atoms with van der Waals surface area (Å²) in [5.74, 6) is -0.105. The molecular formula is C13H20N2O3S. The lowest BCUT2D eigenvalue weighted by atomic mass is 10.1. The molecule has 1 rings (SSSR count). The zero-order chi connectivity index (χ0) is 14.6. The van der Waals surface area contributed by atoms with Crippen molar-refractivity contribution in [2.24, 2.45) is 0 Å². The van der Waals surface area contributed by atoms with E-state index in [9.17, 15) is 13.2 Å². The summed E-state index contributed by atoms with van der Waals surface area (Å²) in [5.41, 5.74) is 1.81. The van der Waals surface area contributed by atoms with Gasteiger partial charge in [-0.1, -0.05) is 13.0 Å². The Balaban J connectivity index is 3.05. The number of hydrogen-bond acceptors (Lipinski definition) is 3. The number of carbonyl (C=O) groups excluding carboxylic acids is 1. The van der Waals surface area contributed by atoms with E-state index in [2.05, 4.69) is 10.0 Å². The highest BCUT2D eigenvalue weighted by Crippen LogP contribution is 2.25. The molecule has 0 saturated carbocycles. The van der Waals surface area contributed by atoms with Crippen molar-refractivity contribution in [1.82, 2.24) is 0 Å². The third-order valence-electron chi connectivity index (χ3n) is 2.80. The average Bonchev–Trinajstić information content (AvgIpc) is 2.33. The van der Waals surface area contributed by atoms with Crippen molar-refractivity contribution in [3.05, 3.63) is 23.8 Å². The predicted molar refractivity (Wildman–Crippen MR) is 77.8 cm³/mol. The fourth-order valence-electron chi connectivity index (χ4n) is 1.39. The van der Waals surface area contributed by atoms with Gasteiger partial charge in [-0.05, 0) is 38.5 Å². The molecule has 1 amide bonds. The predicted octanol–water partition coefficient (Wildman–Crippen LogP) is 2.49. The van der Waals surface area contributed by atoms with Crippen molar-refractivity contribution >= 4 is 27.3 Å². The Morgan fingerprint density at radius 1 is 1.26 bits per heavy atom. The van der Waals surface area contributed by atoms with Crippen LogP contribution < -0.4 is 10.0 Å². The number of carbonyl (C=O) groups is 1. The third-order valence-corrected chi connectivity index (χ3v) is 4.55. The molecule has 2 N–H and O–H groups in total. The molecule has 0 radical (unpaired) electrons. The molecule has 6 heteroatoms. The maximum absolute atomic E-state index is 11.8. The number of sulfonamides is 1. The van der Waals surface area contributed by atoms with Crippen molar-refractivity contribution in [3.63, 3.8) is 0 Å². The highest BCUT2D eigenvalue weighted by Gasteiger charge is 2.17. The van der Waals surface area contributed by atoms with E-state index in [-0.39, 0.29) is 5.91 Å². The summed E-state index contributed by atoms with van der Waals surface area (Å²) in [6.45, 7) is 6.75. The number of benzene rings is 1.